The number of hydrogen-bond acceptors (Lipinski definition) is 4. The number of hydrogen-bond donors (Lipinski definition) is 1. The summed E-state index contributed by atoms with van der Waals surface area (Å²) in [6.45, 7) is 2.29. The lowest BCUT2D eigenvalue weighted by atomic mass is 10.1. The van der Waals surface area contributed by atoms with Crippen LogP contribution in [0.2, 0.25) is 5.02 Å². The van der Waals surface area contributed by atoms with Crippen LogP contribution in [-0.2, 0) is 13.0 Å². The van der Waals surface area contributed by atoms with Gasteiger partial charge in [0.1, 0.15) is 6.61 Å². The minimum absolute atomic E-state index is 0.0288. The number of aromatic nitrogens is 2. The minimum atomic E-state index is -0.296. The molecule has 0 saturated heterocycles. The molecule has 1 aromatic heterocycles. The van der Waals surface area contributed by atoms with Crippen molar-refractivity contribution in [2.24, 2.45) is 0 Å². The summed E-state index contributed by atoms with van der Waals surface area (Å²) >= 11 is 5.91. The fourth-order valence-corrected chi connectivity index (χ4v) is 3.68. The third kappa shape index (κ3) is 6.80. The molecule has 0 aliphatic rings. The third-order valence-electron chi connectivity index (χ3n) is 5.54. The molecule has 6 nitrogen and oxygen atoms in total. The zero-order chi connectivity index (χ0) is 24.6. The predicted molar refractivity (Wildman–Crippen MR) is 137 cm³/mol. The fraction of sp³-hybridized carbons (Fsp3) is 0.179. The molecule has 0 aliphatic carbocycles. The molecule has 1 heterocycles. The molecule has 3 aromatic carbocycles. The Bertz CT molecular complexity index is 1320. The number of halogens is 1. The van der Waals surface area contributed by atoms with E-state index in [1.807, 2.05) is 37.3 Å². The summed E-state index contributed by atoms with van der Waals surface area (Å²) in [5.41, 5.74) is 2.94. The van der Waals surface area contributed by atoms with Gasteiger partial charge < -0.3 is 10.1 Å². The number of nitrogens with zero attached hydrogens (tertiary/aromatic N) is 2. The van der Waals surface area contributed by atoms with E-state index in [9.17, 15) is 9.59 Å². The maximum absolute atomic E-state index is 12.7. The molecule has 0 spiro atoms. The van der Waals surface area contributed by atoms with E-state index >= 15 is 0 Å². The molecular formula is C28H26ClN3O3. The number of carbonyl (C=O) groups is 1. The lowest BCUT2D eigenvalue weighted by Gasteiger charge is -2.14. The van der Waals surface area contributed by atoms with Gasteiger partial charge in [-0.15, -0.1) is 5.10 Å². The van der Waals surface area contributed by atoms with Gasteiger partial charge in [-0.05, 0) is 67.3 Å². The number of benzene rings is 3. The molecule has 35 heavy (non-hydrogen) atoms. The zero-order valence-electron chi connectivity index (χ0n) is 19.4. The van der Waals surface area contributed by atoms with Gasteiger partial charge in [-0.3, -0.25) is 9.59 Å². The number of nitrogens with one attached hydrogen (secondary N) is 1. The highest BCUT2D eigenvalue weighted by Crippen LogP contribution is 2.14. The van der Waals surface area contributed by atoms with Crippen LogP contribution in [0.25, 0.3) is 5.69 Å². The highest BCUT2D eigenvalue weighted by atomic mass is 35.5. The van der Waals surface area contributed by atoms with Crippen molar-refractivity contribution in [3.05, 3.63) is 123 Å². The highest BCUT2D eigenvalue weighted by molar-refractivity contribution is 6.30. The molecule has 0 saturated carbocycles. The van der Waals surface area contributed by atoms with Crippen LogP contribution in [0.4, 0.5) is 0 Å². The standard InChI is InChI=1S/C28H26ClN3O3/c1-20(7-8-21-5-3-2-4-6-21)30-28(34)23-11-15-25(16-12-23)32-27(33)18-17-26(31-32)35-19-22-9-13-24(29)14-10-22/h2-6,9-18,20H,7-8,19H2,1H3,(H,30,34). The molecule has 4 aromatic rings. The van der Waals surface area contributed by atoms with E-state index in [0.29, 0.717) is 28.8 Å². The van der Waals surface area contributed by atoms with Crippen molar-refractivity contribution >= 4 is 17.5 Å². The van der Waals surface area contributed by atoms with E-state index in [2.05, 4.69) is 22.5 Å². The molecule has 1 unspecified atom stereocenters. The maximum Gasteiger partial charge on any atom is 0.271 e. The summed E-state index contributed by atoms with van der Waals surface area (Å²) in [4.78, 5) is 25.0. The number of carbonyl (C=O) groups excluding carboxylic acids is 1. The molecule has 4 rings (SSSR count). The molecule has 0 aliphatic heterocycles. The van der Waals surface area contributed by atoms with Crippen molar-refractivity contribution in [2.75, 3.05) is 0 Å². The van der Waals surface area contributed by atoms with Gasteiger partial charge in [0.15, 0.2) is 0 Å². The van der Waals surface area contributed by atoms with Crippen molar-refractivity contribution in [1.29, 1.82) is 0 Å². The van der Waals surface area contributed by atoms with Crippen LogP contribution in [0.1, 0.15) is 34.8 Å². The molecule has 0 bridgehead atoms. The summed E-state index contributed by atoms with van der Waals surface area (Å²) < 4.78 is 6.98. The van der Waals surface area contributed by atoms with E-state index in [-0.39, 0.29) is 17.5 Å². The summed E-state index contributed by atoms with van der Waals surface area (Å²) in [5.74, 6) is 0.158. The van der Waals surface area contributed by atoms with Crippen molar-refractivity contribution < 1.29 is 9.53 Å². The summed E-state index contributed by atoms with van der Waals surface area (Å²) in [7, 11) is 0. The average molecular weight is 488 g/mol. The van der Waals surface area contributed by atoms with Crippen molar-refractivity contribution in [3.63, 3.8) is 0 Å². The van der Waals surface area contributed by atoms with Crippen LogP contribution in [0, 0.1) is 0 Å². The first-order valence-corrected chi connectivity index (χ1v) is 11.8. The van der Waals surface area contributed by atoms with Crippen molar-refractivity contribution in [1.82, 2.24) is 15.1 Å². The molecule has 0 fully saturated rings. The molecule has 7 heteroatoms. The predicted octanol–water partition coefficient (Wildman–Crippen LogP) is 5.22. The number of rotatable bonds is 9. The third-order valence-corrected chi connectivity index (χ3v) is 5.79. The molecule has 1 atom stereocenters. The second-order valence-corrected chi connectivity index (χ2v) is 8.72. The molecule has 1 amide bonds. The zero-order valence-corrected chi connectivity index (χ0v) is 20.1. The Morgan fingerprint density at radius 2 is 1.66 bits per heavy atom. The first-order chi connectivity index (χ1) is 17.0. The Kier molecular flexibility index (Phi) is 7.95. The monoisotopic (exact) mass is 487 g/mol. The maximum atomic E-state index is 12.7. The van der Waals surface area contributed by atoms with Gasteiger partial charge in [-0.25, -0.2) is 0 Å². The van der Waals surface area contributed by atoms with Gasteiger partial charge in [0.25, 0.3) is 11.5 Å². The number of amides is 1. The quantitative estimate of drug-likeness (QED) is 0.351. The molecule has 178 valence electrons. The SMILES string of the molecule is CC(CCc1ccccc1)NC(=O)c1ccc(-n2nc(OCc3ccc(Cl)cc3)ccc2=O)cc1. The second kappa shape index (κ2) is 11.5. The van der Waals surface area contributed by atoms with Gasteiger partial charge in [0.05, 0.1) is 5.69 Å². The van der Waals surface area contributed by atoms with Crippen LogP contribution >= 0.6 is 11.6 Å². The number of ether oxygens (including phenoxy) is 1. The number of aryl methyl sites for hydroxylation is 1. The normalized spacial score (nSPS) is 11.6. The van der Waals surface area contributed by atoms with E-state index in [1.54, 1.807) is 36.4 Å². The van der Waals surface area contributed by atoms with Crippen LogP contribution in [-0.4, -0.2) is 21.7 Å². The lowest BCUT2D eigenvalue weighted by molar-refractivity contribution is 0.0938. The summed E-state index contributed by atoms with van der Waals surface area (Å²) in [6.07, 6.45) is 1.74. The topological polar surface area (TPSA) is 73.2 Å². The first-order valence-electron chi connectivity index (χ1n) is 11.4. The Morgan fingerprint density at radius 3 is 2.37 bits per heavy atom. The van der Waals surface area contributed by atoms with Crippen molar-refractivity contribution in [3.8, 4) is 11.6 Å². The van der Waals surface area contributed by atoms with E-state index in [4.69, 9.17) is 16.3 Å². The van der Waals surface area contributed by atoms with E-state index in [0.717, 1.165) is 18.4 Å². The highest BCUT2D eigenvalue weighted by Gasteiger charge is 2.11. The first kappa shape index (κ1) is 24.2. The molecule has 1 N–H and O–H groups in total. The van der Waals surface area contributed by atoms with Crippen LogP contribution in [0.5, 0.6) is 5.88 Å². The Labute approximate surface area is 209 Å². The van der Waals surface area contributed by atoms with Gasteiger partial charge in [0.2, 0.25) is 5.88 Å². The van der Waals surface area contributed by atoms with Gasteiger partial charge in [0, 0.05) is 28.8 Å². The largest absolute Gasteiger partial charge is 0.472 e. The summed E-state index contributed by atoms with van der Waals surface area (Å²) in [5, 5.41) is 7.99. The van der Waals surface area contributed by atoms with E-state index < -0.39 is 0 Å². The van der Waals surface area contributed by atoms with Gasteiger partial charge >= 0.3 is 0 Å². The molecule has 0 radical (unpaired) electrons. The van der Waals surface area contributed by atoms with Crippen molar-refractivity contribution in [2.45, 2.75) is 32.4 Å². The lowest BCUT2D eigenvalue weighted by Crippen LogP contribution is -2.32. The van der Waals surface area contributed by atoms with Crippen LogP contribution in [0.3, 0.4) is 0 Å². The Balaban J connectivity index is 1.37. The van der Waals surface area contributed by atoms with Gasteiger partial charge in [-0.1, -0.05) is 54.1 Å². The molecular weight excluding hydrogens is 462 g/mol. The van der Waals surface area contributed by atoms with Gasteiger partial charge in [-0.2, -0.15) is 4.68 Å². The van der Waals surface area contributed by atoms with Crippen LogP contribution < -0.4 is 15.6 Å². The van der Waals surface area contributed by atoms with E-state index in [1.165, 1.54) is 22.4 Å². The van der Waals surface area contributed by atoms with Crippen LogP contribution in [0.15, 0.2) is 95.8 Å². The summed E-state index contributed by atoms with van der Waals surface area (Å²) in [6, 6.07) is 27.2. The Morgan fingerprint density at radius 1 is 0.943 bits per heavy atom. The fourth-order valence-electron chi connectivity index (χ4n) is 3.56. The minimum Gasteiger partial charge on any atom is -0.472 e. The average Bonchev–Trinajstić information content (AvgIpc) is 2.88. The smallest absolute Gasteiger partial charge is 0.271 e. The Hall–Kier alpha value is -3.90. The second-order valence-electron chi connectivity index (χ2n) is 8.28.